The van der Waals surface area contributed by atoms with E-state index in [0.717, 1.165) is 6.42 Å². The third-order valence-corrected chi connectivity index (χ3v) is 2.89. The maximum Gasteiger partial charge on any atom is 0.316 e. The third kappa shape index (κ3) is 4.73. The van der Waals surface area contributed by atoms with Gasteiger partial charge in [-0.2, -0.15) is 0 Å². The number of anilines is 1. The van der Waals surface area contributed by atoms with Gasteiger partial charge in [-0.1, -0.05) is 32.9 Å². The first-order chi connectivity index (χ1) is 8.93. The minimum atomic E-state index is -1.09. The molecule has 0 aliphatic rings. The second kappa shape index (κ2) is 6.92. The molecule has 0 radical (unpaired) electrons. The number of rotatable bonds is 6. The van der Waals surface area contributed by atoms with E-state index in [-0.39, 0.29) is 6.42 Å². The van der Waals surface area contributed by atoms with Crippen molar-refractivity contribution in [2.24, 2.45) is 11.8 Å². The predicted octanol–water partition coefficient (Wildman–Crippen LogP) is 2.93. The number of amides is 1. The highest BCUT2D eigenvalue weighted by molar-refractivity contribution is 6.04. The first-order valence-corrected chi connectivity index (χ1v) is 6.56. The van der Waals surface area contributed by atoms with Crippen molar-refractivity contribution in [3.8, 4) is 0 Å². The zero-order chi connectivity index (χ0) is 14.4. The average Bonchev–Trinajstić information content (AvgIpc) is 2.31. The lowest BCUT2D eigenvalue weighted by Gasteiger charge is -2.11. The van der Waals surface area contributed by atoms with E-state index in [0.29, 0.717) is 11.6 Å². The van der Waals surface area contributed by atoms with E-state index in [9.17, 15) is 9.59 Å². The van der Waals surface area contributed by atoms with Gasteiger partial charge in [0.25, 0.3) is 0 Å². The zero-order valence-corrected chi connectivity index (χ0v) is 11.6. The van der Waals surface area contributed by atoms with Gasteiger partial charge < -0.3 is 10.4 Å². The third-order valence-electron chi connectivity index (χ3n) is 2.89. The predicted molar refractivity (Wildman–Crippen MR) is 75.0 cm³/mol. The van der Waals surface area contributed by atoms with Crippen LogP contribution < -0.4 is 5.32 Å². The van der Waals surface area contributed by atoms with Crippen molar-refractivity contribution in [2.45, 2.75) is 33.6 Å². The van der Waals surface area contributed by atoms with E-state index in [1.165, 1.54) is 5.56 Å². The Kier molecular flexibility index (Phi) is 5.55. The van der Waals surface area contributed by atoms with Crippen LogP contribution in [0, 0.1) is 11.8 Å². The Morgan fingerprint density at radius 2 is 1.79 bits per heavy atom. The molecule has 0 heterocycles. The molecule has 2 N–H and O–H groups in total. The van der Waals surface area contributed by atoms with Crippen LogP contribution in [0.3, 0.4) is 0 Å². The lowest BCUT2D eigenvalue weighted by Crippen LogP contribution is -2.28. The minimum absolute atomic E-state index is 0.284. The Morgan fingerprint density at radius 3 is 2.21 bits per heavy atom. The fraction of sp³-hybridized carbons (Fsp3) is 0.467. The SMILES string of the molecule is CCC(C(=O)O)C(=O)Nc1ccc(CC(C)C)cc1. The molecule has 1 amide bonds. The average molecular weight is 263 g/mol. The molecular formula is C15H21NO3. The molecule has 4 heteroatoms. The molecule has 1 unspecified atom stereocenters. The number of hydrogen-bond acceptors (Lipinski definition) is 2. The van der Waals surface area contributed by atoms with Gasteiger partial charge in [-0.05, 0) is 36.5 Å². The molecule has 0 aliphatic heterocycles. The normalized spacial score (nSPS) is 12.2. The molecule has 1 aromatic carbocycles. The summed E-state index contributed by atoms with van der Waals surface area (Å²) in [4.78, 5) is 22.6. The van der Waals surface area contributed by atoms with Crippen molar-refractivity contribution < 1.29 is 14.7 Å². The Bertz CT molecular complexity index is 437. The molecule has 0 aliphatic carbocycles. The van der Waals surface area contributed by atoms with Gasteiger partial charge in [0, 0.05) is 5.69 Å². The first-order valence-electron chi connectivity index (χ1n) is 6.56. The van der Waals surface area contributed by atoms with Crippen LogP contribution in [0.2, 0.25) is 0 Å². The molecule has 0 spiro atoms. The Hall–Kier alpha value is -1.84. The van der Waals surface area contributed by atoms with Gasteiger partial charge in [0.2, 0.25) is 5.91 Å². The number of carboxylic acid groups (broad SMARTS) is 1. The van der Waals surface area contributed by atoms with E-state index < -0.39 is 17.8 Å². The molecule has 1 aromatic rings. The number of benzene rings is 1. The zero-order valence-electron chi connectivity index (χ0n) is 11.6. The molecule has 1 rings (SSSR count). The molecule has 0 bridgehead atoms. The van der Waals surface area contributed by atoms with Gasteiger partial charge in [0.15, 0.2) is 0 Å². The summed E-state index contributed by atoms with van der Waals surface area (Å²) in [5.74, 6) is -1.96. The fourth-order valence-corrected chi connectivity index (χ4v) is 1.90. The summed E-state index contributed by atoms with van der Waals surface area (Å²) in [7, 11) is 0. The van der Waals surface area contributed by atoms with E-state index in [1.807, 2.05) is 24.3 Å². The van der Waals surface area contributed by atoms with Gasteiger partial charge in [0.05, 0.1) is 0 Å². The molecular weight excluding hydrogens is 242 g/mol. The van der Waals surface area contributed by atoms with Crippen molar-refractivity contribution in [1.29, 1.82) is 0 Å². The van der Waals surface area contributed by atoms with E-state index in [2.05, 4.69) is 19.2 Å². The van der Waals surface area contributed by atoms with Crippen LogP contribution in [0.1, 0.15) is 32.8 Å². The summed E-state index contributed by atoms with van der Waals surface area (Å²) in [6, 6.07) is 7.53. The van der Waals surface area contributed by atoms with Crippen LogP contribution in [0.15, 0.2) is 24.3 Å². The second-order valence-electron chi connectivity index (χ2n) is 5.08. The topological polar surface area (TPSA) is 66.4 Å². The van der Waals surface area contributed by atoms with Gasteiger partial charge in [-0.3, -0.25) is 9.59 Å². The number of carbonyl (C=O) groups excluding carboxylic acids is 1. The minimum Gasteiger partial charge on any atom is -0.481 e. The van der Waals surface area contributed by atoms with Crippen molar-refractivity contribution in [3.05, 3.63) is 29.8 Å². The molecule has 19 heavy (non-hydrogen) atoms. The van der Waals surface area contributed by atoms with Crippen molar-refractivity contribution >= 4 is 17.6 Å². The van der Waals surface area contributed by atoms with Gasteiger partial charge in [-0.15, -0.1) is 0 Å². The van der Waals surface area contributed by atoms with Crippen LogP contribution in [0.4, 0.5) is 5.69 Å². The molecule has 104 valence electrons. The summed E-state index contributed by atoms with van der Waals surface area (Å²) in [5, 5.41) is 11.5. The fourth-order valence-electron chi connectivity index (χ4n) is 1.90. The van der Waals surface area contributed by atoms with Crippen molar-refractivity contribution in [3.63, 3.8) is 0 Å². The second-order valence-corrected chi connectivity index (χ2v) is 5.08. The Morgan fingerprint density at radius 1 is 1.21 bits per heavy atom. The monoisotopic (exact) mass is 263 g/mol. The number of carboxylic acids is 1. The summed E-state index contributed by atoms with van der Waals surface area (Å²) in [6.07, 6.45) is 1.27. The lowest BCUT2D eigenvalue weighted by molar-refractivity contribution is -0.145. The molecule has 0 fully saturated rings. The highest BCUT2D eigenvalue weighted by Gasteiger charge is 2.23. The van der Waals surface area contributed by atoms with E-state index in [1.54, 1.807) is 6.92 Å². The summed E-state index contributed by atoms with van der Waals surface area (Å²) in [5.41, 5.74) is 1.84. The summed E-state index contributed by atoms with van der Waals surface area (Å²) >= 11 is 0. The lowest BCUT2D eigenvalue weighted by atomic mass is 10.0. The van der Waals surface area contributed by atoms with Crippen molar-refractivity contribution in [2.75, 3.05) is 5.32 Å². The van der Waals surface area contributed by atoms with Gasteiger partial charge in [0.1, 0.15) is 5.92 Å². The summed E-state index contributed by atoms with van der Waals surface area (Å²) in [6.45, 7) is 5.98. The van der Waals surface area contributed by atoms with Crippen LogP contribution >= 0.6 is 0 Å². The highest BCUT2D eigenvalue weighted by Crippen LogP contribution is 2.14. The largest absolute Gasteiger partial charge is 0.481 e. The molecule has 0 aromatic heterocycles. The quantitative estimate of drug-likeness (QED) is 0.775. The number of hydrogen-bond donors (Lipinski definition) is 2. The maximum absolute atomic E-state index is 11.8. The number of carbonyl (C=O) groups is 2. The molecule has 1 atom stereocenters. The standard InChI is InChI=1S/C15H21NO3/c1-4-13(15(18)19)14(17)16-12-7-5-11(6-8-12)9-10(2)3/h5-8,10,13H,4,9H2,1-3H3,(H,16,17)(H,18,19). The molecule has 4 nitrogen and oxygen atoms in total. The number of nitrogens with one attached hydrogen (secondary N) is 1. The summed E-state index contributed by atoms with van der Waals surface area (Å²) < 4.78 is 0. The Labute approximate surface area is 113 Å². The smallest absolute Gasteiger partial charge is 0.316 e. The van der Waals surface area contributed by atoms with Crippen LogP contribution in [-0.2, 0) is 16.0 Å². The maximum atomic E-state index is 11.8. The van der Waals surface area contributed by atoms with Gasteiger partial charge in [-0.25, -0.2) is 0 Å². The highest BCUT2D eigenvalue weighted by atomic mass is 16.4. The molecule has 0 saturated heterocycles. The van der Waals surface area contributed by atoms with E-state index in [4.69, 9.17) is 5.11 Å². The van der Waals surface area contributed by atoms with Crippen LogP contribution in [0.25, 0.3) is 0 Å². The van der Waals surface area contributed by atoms with Crippen molar-refractivity contribution in [1.82, 2.24) is 0 Å². The van der Waals surface area contributed by atoms with Gasteiger partial charge >= 0.3 is 5.97 Å². The number of aliphatic carboxylic acids is 1. The first kappa shape index (κ1) is 15.2. The van der Waals surface area contributed by atoms with Crippen LogP contribution in [-0.4, -0.2) is 17.0 Å². The van der Waals surface area contributed by atoms with E-state index >= 15 is 0 Å². The van der Waals surface area contributed by atoms with Crippen LogP contribution in [0.5, 0.6) is 0 Å². The molecule has 0 saturated carbocycles. The Balaban J connectivity index is 2.67.